The second kappa shape index (κ2) is 9.84. The molecule has 0 radical (unpaired) electrons. The quantitative estimate of drug-likeness (QED) is 0.358. The van der Waals surface area contributed by atoms with Crippen molar-refractivity contribution in [3.63, 3.8) is 0 Å². The van der Waals surface area contributed by atoms with E-state index in [4.69, 9.17) is 4.52 Å². The number of halogens is 4. The summed E-state index contributed by atoms with van der Waals surface area (Å²) in [5.41, 5.74) is 1.70. The number of imidazole rings is 1. The summed E-state index contributed by atoms with van der Waals surface area (Å²) in [6.07, 6.45) is 5.94. The lowest BCUT2D eigenvalue weighted by Gasteiger charge is -2.33. The maximum atomic E-state index is 13.9. The first-order chi connectivity index (χ1) is 19.0. The Balaban J connectivity index is 1.25. The van der Waals surface area contributed by atoms with Crippen LogP contribution in [0.2, 0.25) is 0 Å². The smallest absolute Gasteiger partial charge is 0.274 e. The Morgan fingerprint density at radius 3 is 2.33 bits per heavy atom. The lowest BCUT2D eigenvalue weighted by molar-refractivity contribution is -0.123. The molecule has 2 amide bonds. The number of fused-ring (bicyclic) bond motifs is 1. The van der Waals surface area contributed by atoms with Crippen molar-refractivity contribution in [2.45, 2.75) is 82.2 Å². The Morgan fingerprint density at radius 2 is 1.70 bits per heavy atom. The molecule has 3 aromatic rings. The molecule has 3 aliphatic carbocycles. The molecular formula is C27H30F4N6O3. The van der Waals surface area contributed by atoms with Crippen molar-refractivity contribution in [2.75, 3.05) is 0 Å². The van der Waals surface area contributed by atoms with Gasteiger partial charge in [0.2, 0.25) is 17.6 Å². The summed E-state index contributed by atoms with van der Waals surface area (Å²) in [6, 6.07) is 0.668. The Bertz CT molecular complexity index is 1420. The number of alkyl halides is 4. The number of carbonyl (C=O) groups excluding carboxylic acids is 2. The Hall–Kier alpha value is -3.51. The first kappa shape index (κ1) is 26.7. The molecule has 3 atom stereocenters. The molecule has 13 heteroatoms. The van der Waals surface area contributed by atoms with Crippen LogP contribution in [0.4, 0.5) is 17.6 Å². The van der Waals surface area contributed by atoms with Gasteiger partial charge in [0, 0.05) is 49.6 Å². The van der Waals surface area contributed by atoms with Crippen molar-refractivity contribution in [2.24, 2.45) is 17.8 Å². The zero-order valence-corrected chi connectivity index (χ0v) is 21.9. The highest BCUT2D eigenvalue weighted by atomic mass is 19.3. The molecule has 214 valence electrons. The van der Waals surface area contributed by atoms with Crippen molar-refractivity contribution in [3.8, 4) is 0 Å². The zero-order chi connectivity index (χ0) is 28.2. The standard InChI is InChI=1S/C27H30F4N6O3/c1-14-13-40-36-21(14)24(39)35-23(16-4-7-26(28,29)8-5-16)19-12-37-9-6-18(32-25(37)33-19)22(15-2-3-15)34-20(38)10-17-11-27(17,30)31/h6,9,12-13,15-17,22-23H,2-5,7-8,10-11H2,1H3,(H,34,38)(H,35,39)/t17-,22?,23+/m1/s1. The Kier molecular flexibility index (Phi) is 6.57. The lowest BCUT2D eigenvalue weighted by atomic mass is 9.81. The molecule has 0 saturated heterocycles. The monoisotopic (exact) mass is 562 g/mol. The van der Waals surface area contributed by atoms with Gasteiger partial charge in [0.05, 0.1) is 23.5 Å². The van der Waals surface area contributed by atoms with Crippen LogP contribution in [0.15, 0.2) is 29.2 Å². The third-order valence-electron chi connectivity index (χ3n) is 8.28. The number of nitrogens with zero attached hydrogens (tertiary/aromatic N) is 4. The van der Waals surface area contributed by atoms with E-state index in [0.29, 0.717) is 22.7 Å². The summed E-state index contributed by atoms with van der Waals surface area (Å²) in [7, 11) is 0. The van der Waals surface area contributed by atoms with Crippen LogP contribution in [0.1, 0.15) is 90.9 Å². The van der Waals surface area contributed by atoms with Gasteiger partial charge in [-0.1, -0.05) is 5.16 Å². The summed E-state index contributed by atoms with van der Waals surface area (Å²) < 4.78 is 61.0. The molecule has 3 aliphatic rings. The molecule has 3 saturated carbocycles. The fourth-order valence-electron chi connectivity index (χ4n) is 5.58. The van der Waals surface area contributed by atoms with Crippen LogP contribution in [-0.4, -0.2) is 43.2 Å². The number of carbonyl (C=O) groups is 2. The lowest BCUT2D eigenvalue weighted by Crippen LogP contribution is -2.37. The van der Waals surface area contributed by atoms with Crippen LogP contribution < -0.4 is 10.6 Å². The van der Waals surface area contributed by atoms with E-state index in [0.717, 1.165) is 12.8 Å². The molecule has 1 unspecified atom stereocenters. The molecule has 3 heterocycles. The summed E-state index contributed by atoms with van der Waals surface area (Å²) in [6.45, 7) is 1.68. The van der Waals surface area contributed by atoms with Gasteiger partial charge in [-0.3, -0.25) is 14.0 Å². The minimum atomic E-state index is -2.76. The van der Waals surface area contributed by atoms with E-state index < -0.39 is 41.7 Å². The first-order valence-electron chi connectivity index (χ1n) is 13.6. The SMILES string of the molecule is Cc1conc1C(=O)N[C@H](c1cn2ccc(C(NC(=O)C[C@@H]3CC3(F)F)C3CC3)nc2n1)C1CCC(F)(F)CC1. The maximum Gasteiger partial charge on any atom is 0.274 e. The molecule has 3 aromatic heterocycles. The average Bonchev–Trinajstić information content (AvgIpc) is 3.72. The fourth-order valence-corrected chi connectivity index (χ4v) is 5.58. The van der Waals surface area contributed by atoms with Crippen molar-refractivity contribution in [1.82, 2.24) is 30.2 Å². The highest BCUT2D eigenvalue weighted by Crippen LogP contribution is 2.51. The number of amides is 2. The maximum absolute atomic E-state index is 13.9. The number of hydrogen-bond donors (Lipinski definition) is 2. The first-order valence-corrected chi connectivity index (χ1v) is 13.6. The number of aromatic nitrogens is 4. The average molecular weight is 563 g/mol. The van der Waals surface area contributed by atoms with Crippen LogP contribution in [0.25, 0.3) is 5.78 Å². The van der Waals surface area contributed by atoms with Crippen molar-refractivity contribution in [3.05, 3.63) is 47.4 Å². The zero-order valence-electron chi connectivity index (χ0n) is 21.9. The number of aryl methyl sites for hydroxylation is 1. The minimum Gasteiger partial charge on any atom is -0.364 e. The van der Waals surface area contributed by atoms with Gasteiger partial charge in [-0.2, -0.15) is 0 Å². The largest absolute Gasteiger partial charge is 0.364 e. The summed E-state index contributed by atoms with van der Waals surface area (Å²) in [5, 5.41) is 9.58. The van der Waals surface area contributed by atoms with Crippen molar-refractivity contribution >= 4 is 17.6 Å². The van der Waals surface area contributed by atoms with E-state index in [9.17, 15) is 27.2 Å². The highest BCUT2D eigenvalue weighted by molar-refractivity contribution is 5.93. The summed E-state index contributed by atoms with van der Waals surface area (Å²) >= 11 is 0. The second-order valence-corrected chi connectivity index (χ2v) is 11.5. The van der Waals surface area contributed by atoms with E-state index in [2.05, 4.69) is 25.8 Å². The second-order valence-electron chi connectivity index (χ2n) is 11.5. The molecule has 0 aliphatic heterocycles. The van der Waals surface area contributed by atoms with Gasteiger partial charge in [0.15, 0.2) is 5.69 Å². The third-order valence-corrected chi connectivity index (χ3v) is 8.28. The fraction of sp³-hybridized carbons (Fsp3) is 0.593. The highest BCUT2D eigenvalue weighted by Gasteiger charge is 2.57. The Labute approximate surface area is 227 Å². The van der Waals surface area contributed by atoms with E-state index in [1.807, 2.05) is 0 Å². The molecule has 6 rings (SSSR count). The van der Waals surface area contributed by atoms with Gasteiger partial charge in [0.1, 0.15) is 6.26 Å². The molecule has 0 bridgehead atoms. The molecule has 2 N–H and O–H groups in total. The van der Waals surface area contributed by atoms with Crippen LogP contribution >= 0.6 is 0 Å². The summed E-state index contributed by atoms with van der Waals surface area (Å²) in [4.78, 5) is 34.8. The normalized spacial score (nSPS) is 23.5. The molecule has 40 heavy (non-hydrogen) atoms. The summed E-state index contributed by atoms with van der Waals surface area (Å²) in [5.74, 6) is -7.12. The number of nitrogens with one attached hydrogen (secondary N) is 2. The third kappa shape index (κ3) is 5.55. The van der Waals surface area contributed by atoms with Crippen LogP contribution in [0.3, 0.4) is 0 Å². The van der Waals surface area contributed by atoms with Gasteiger partial charge in [0.25, 0.3) is 11.8 Å². The van der Waals surface area contributed by atoms with Crippen LogP contribution in [0.5, 0.6) is 0 Å². The Morgan fingerprint density at radius 1 is 1.05 bits per heavy atom. The number of hydrogen-bond acceptors (Lipinski definition) is 6. The predicted molar refractivity (Wildman–Crippen MR) is 133 cm³/mol. The molecule has 0 aromatic carbocycles. The minimum absolute atomic E-state index is 0.113. The molecule has 9 nitrogen and oxygen atoms in total. The van der Waals surface area contributed by atoms with Gasteiger partial charge < -0.3 is 15.2 Å². The van der Waals surface area contributed by atoms with E-state index >= 15 is 0 Å². The molecular weight excluding hydrogens is 532 g/mol. The van der Waals surface area contributed by atoms with Crippen molar-refractivity contribution in [1.29, 1.82) is 0 Å². The van der Waals surface area contributed by atoms with Gasteiger partial charge >= 0.3 is 0 Å². The van der Waals surface area contributed by atoms with Crippen LogP contribution in [-0.2, 0) is 4.79 Å². The van der Waals surface area contributed by atoms with Gasteiger partial charge in [-0.05, 0) is 50.5 Å². The molecule has 3 fully saturated rings. The predicted octanol–water partition coefficient (Wildman–Crippen LogP) is 4.93. The van der Waals surface area contributed by atoms with E-state index in [1.165, 1.54) is 6.26 Å². The van der Waals surface area contributed by atoms with Gasteiger partial charge in [-0.25, -0.2) is 27.5 Å². The van der Waals surface area contributed by atoms with Crippen molar-refractivity contribution < 1.29 is 31.7 Å². The number of rotatable bonds is 9. The van der Waals surface area contributed by atoms with Crippen LogP contribution in [0, 0.1) is 24.7 Å². The van der Waals surface area contributed by atoms with E-state index in [1.54, 1.807) is 29.8 Å². The van der Waals surface area contributed by atoms with E-state index in [-0.39, 0.29) is 56.1 Å². The molecule has 0 spiro atoms. The van der Waals surface area contributed by atoms with Gasteiger partial charge in [-0.15, -0.1) is 0 Å². The topological polar surface area (TPSA) is 114 Å².